The molecule has 13 heteroatoms. The van der Waals surface area contributed by atoms with Crippen molar-refractivity contribution in [1.29, 1.82) is 0 Å². The number of carbonyl (C=O) groups excluding carboxylic acids is 1. The van der Waals surface area contributed by atoms with Gasteiger partial charge in [0.25, 0.3) is 15.9 Å². The number of halogens is 3. The van der Waals surface area contributed by atoms with E-state index in [1.807, 2.05) is 25.1 Å². The van der Waals surface area contributed by atoms with Crippen LogP contribution in [0.1, 0.15) is 67.3 Å². The van der Waals surface area contributed by atoms with Gasteiger partial charge in [-0.3, -0.25) is 9.52 Å². The Morgan fingerprint density at radius 1 is 1.02 bits per heavy atom. The van der Waals surface area contributed by atoms with Crippen LogP contribution in [0, 0.1) is 0 Å². The number of carbonyl (C=O) groups is 2. The van der Waals surface area contributed by atoms with Gasteiger partial charge in [-0.15, -0.1) is 0 Å². The highest BCUT2D eigenvalue weighted by Gasteiger charge is 2.38. The molecule has 0 aromatic heterocycles. The zero-order valence-corrected chi connectivity index (χ0v) is 23.8. The van der Waals surface area contributed by atoms with Gasteiger partial charge >= 0.3 is 12.1 Å². The summed E-state index contributed by atoms with van der Waals surface area (Å²) in [7, 11) is -3.81. The molecule has 4 N–H and O–H groups in total. The summed E-state index contributed by atoms with van der Waals surface area (Å²) in [6, 6.07) is 12.6. The van der Waals surface area contributed by atoms with Crippen LogP contribution in [0.15, 0.2) is 47.4 Å². The predicted molar refractivity (Wildman–Crippen MR) is 151 cm³/mol. The lowest BCUT2D eigenvalue weighted by Crippen LogP contribution is -2.43. The number of nitrogens with one attached hydrogen (secondary N) is 3. The van der Waals surface area contributed by atoms with Crippen molar-refractivity contribution in [2.45, 2.75) is 62.4 Å². The summed E-state index contributed by atoms with van der Waals surface area (Å²) in [6.45, 7) is 5.76. The summed E-state index contributed by atoms with van der Waals surface area (Å²) in [5, 5.41) is 13.3. The molecular formula is C28H37F3N4O5S. The molecule has 4 rings (SSSR count). The Labute approximate surface area is 238 Å². The molecule has 41 heavy (non-hydrogen) atoms. The van der Waals surface area contributed by atoms with E-state index in [0.29, 0.717) is 23.7 Å². The molecule has 0 spiro atoms. The Hall–Kier alpha value is -3.32. The molecule has 2 aromatic carbocycles. The third-order valence-electron chi connectivity index (χ3n) is 7.01. The normalized spacial score (nSPS) is 16.3. The van der Waals surface area contributed by atoms with Crippen molar-refractivity contribution in [1.82, 2.24) is 10.6 Å². The molecule has 2 aromatic rings. The number of aliphatic carboxylic acids is 1. The molecule has 0 radical (unpaired) electrons. The van der Waals surface area contributed by atoms with Gasteiger partial charge in [0.05, 0.1) is 16.3 Å². The van der Waals surface area contributed by atoms with Crippen LogP contribution < -0.4 is 20.3 Å². The molecule has 1 saturated heterocycles. The number of anilines is 2. The maximum absolute atomic E-state index is 13.3. The molecule has 9 nitrogen and oxygen atoms in total. The minimum Gasteiger partial charge on any atom is -0.475 e. The van der Waals surface area contributed by atoms with E-state index >= 15 is 0 Å². The van der Waals surface area contributed by atoms with Crippen LogP contribution in [-0.2, 0) is 14.8 Å². The van der Waals surface area contributed by atoms with Crippen LogP contribution in [0.4, 0.5) is 24.5 Å². The number of sulfonamides is 1. The lowest BCUT2D eigenvalue weighted by molar-refractivity contribution is -0.192. The zero-order chi connectivity index (χ0) is 30.0. The maximum Gasteiger partial charge on any atom is 0.490 e. The van der Waals surface area contributed by atoms with Crippen molar-refractivity contribution in [3.63, 3.8) is 0 Å². The van der Waals surface area contributed by atoms with Gasteiger partial charge in [0.2, 0.25) is 0 Å². The second-order valence-corrected chi connectivity index (χ2v) is 11.7. The van der Waals surface area contributed by atoms with Gasteiger partial charge < -0.3 is 20.6 Å². The molecule has 0 unspecified atom stereocenters. The van der Waals surface area contributed by atoms with Crippen LogP contribution in [0.2, 0.25) is 0 Å². The number of hydrogen-bond donors (Lipinski definition) is 4. The van der Waals surface area contributed by atoms with Gasteiger partial charge in [0.15, 0.2) is 0 Å². The highest BCUT2D eigenvalue weighted by molar-refractivity contribution is 7.92. The van der Waals surface area contributed by atoms with Gasteiger partial charge in [-0.05, 0) is 61.1 Å². The largest absolute Gasteiger partial charge is 0.490 e. The first-order chi connectivity index (χ1) is 19.4. The summed E-state index contributed by atoms with van der Waals surface area (Å²) < 4.78 is 61.2. The van der Waals surface area contributed by atoms with E-state index in [1.54, 1.807) is 24.3 Å². The first kappa shape index (κ1) is 32.2. The number of amides is 1. The number of rotatable bonds is 8. The molecular weight excluding hydrogens is 561 g/mol. The highest BCUT2D eigenvalue weighted by atomic mass is 32.2. The van der Waals surface area contributed by atoms with E-state index in [2.05, 4.69) is 20.3 Å². The van der Waals surface area contributed by atoms with E-state index in [-0.39, 0.29) is 10.8 Å². The molecule has 1 saturated carbocycles. The van der Waals surface area contributed by atoms with Crippen LogP contribution in [-0.4, -0.2) is 64.3 Å². The molecule has 226 valence electrons. The summed E-state index contributed by atoms with van der Waals surface area (Å²) in [4.78, 5) is 23.8. The Balaban J connectivity index is 0.000000587. The molecule has 0 bridgehead atoms. The first-order valence-electron chi connectivity index (χ1n) is 13.7. The Kier molecular flexibility index (Phi) is 11.4. The van der Waals surface area contributed by atoms with Gasteiger partial charge in [0, 0.05) is 38.3 Å². The quantitative estimate of drug-likeness (QED) is 0.346. The second-order valence-electron chi connectivity index (χ2n) is 10.0. The van der Waals surface area contributed by atoms with Gasteiger partial charge in [-0.25, -0.2) is 13.2 Å². The fourth-order valence-electron chi connectivity index (χ4n) is 4.84. The standard InChI is InChI=1S/C26H36N4O3S.C2HF3O2/c1-2-14-28-26(31)22-10-13-25(30-17-15-27-16-18-30)24(19-22)29-34(32,33)23-11-8-21(9-12-23)20-6-4-3-5-7-20;3-2(4,5)1(6)7/h8-13,19-20,27,29H,2-7,14-18H2,1H3,(H,28,31);(H,6,7). The van der Waals surface area contributed by atoms with Crippen LogP contribution >= 0.6 is 0 Å². The average Bonchev–Trinajstić information content (AvgIpc) is 2.96. The van der Waals surface area contributed by atoms with Gasteiger partial charge in [-0.1, -0.05) is 38.3 Å². The van der Waals surface area contributed by atoms with Crippen molar-refractivity contribution in [3.8, 4) is 0 Å². The molecule has 2 fully saturated rings. The van der Waals surface area contributed by atoms with Crippen LogP contribution in [0.5, 0.6) is 0 Å². The Morgan fingerprint density at radius 2 is 1.63 bits per heavy atom. The fourth-order valence-corrected chi connectivity index (χ4v) is 5.91. The number of hydrogen-bond acceptors (Lipinski definition) is 6. The number of carboxylic acid groups (broad SMARTS) is 1. The maximum atomic E-state index is 13.3. The van der Waals surface area contributed by atoms with E-state index in [4.69, 9.17) is 9.90 Å². The van der Waals surface area contributed by atoms with Crippen molar-refractivity contribution < 1.29 is 36.3 Å². The average molecular weight is 599 g/mol. The summed E-state index contributed by atoms with van der Waals surface area (Å²) in [6.07, 6.45) is 1.86. The number of benzene rings is 2. The monoisotopic (exact) mass is 598 g/mol. The molecule has 1 aliphatic heterocycles. The smallest absolute Gasteiger partial charge is 0.475 e. The minimum absolute atomic E-state index is 0.203. The first-order valence-corrected chi connectivity index (χ1v) is 15.2. The van der Waals surface area contributed by atoms with E-state index in [0.717, 1.165) is 38.3 Å². The van der Waals surface area contributed by atoms with E-state index in [1.165, 1.54) is 37.7 Å². The number of nitrogens with zero attached hydrogens (tertiary/aromatic N) is 1. The van der Waals surface area contributed by atoms with Crippen molar-refractivity contribution in [3.05, 3.63) is 53.6 Å². The van der Waals surface area contributed by atoms with Gasteiger partial charge in [-0.2, -0.15) is 13.2 Å². The van der Waals surface area contributed by atoms with Crippen LogP contribution in [0.3, 0.4) is 0 Å². The summed E-state index contributed by atoms with van der Waals surface area (Å²) in [5.74, 6) is -2.44. The fraction of sp³-hybridized carbons (Fsp3) is 0.500. The second kappa shape index (κ2) is 14.5. The topological polar surface area (TPSA) is 128 Å². The van der Waals surface area contributed by atoms with Crippen LogP contribution in [0.25, 0.3) is 0 Å². The summed E-state index contributed by atoms with van der Waals surface area (Å²) >= 11 is 0. The molecule has 1 aliphatic carbocycles. The molecule has 0 atom stereocenters. The SMILES string of the molecule is CCCNC(=O)c1ccc(N2CCNCC2)c(NS(=O)(=O)c2ccc(C3CCCCC3)cc2)c1.O=C(O)C(F)(F)F. The number of alkyl halides is 3. The lowest BCUT2D eigenvalue weighted by atomic mass is 9.84. The third-order valence-corrected chi connectivity index (χ3v) is 8.39. The lowest BCUT2D eigenvalue weighted by Gasteiger charge is -2.31. The van der Waals surface area contributed by atoms with Crippen molar-refractivity contribution >= 4 is 33.3 Å². The molecule has 2 aliphatic rings. The third kappa shape index (κ3) is 9.35. The van der Waals surface area contributed by atoms with Crippen molar-refractivity contribution in [2.75, 3.05) is 42.3 Å². The molecule has 1 heterocycles. The van der Waals surface area contributed by atoms with E-state index < -0.39 is 22.2 Å². The number of carboxylic acids is 1. The number of piperazine rings is 1. The van der Waals surface area contributed by atoms with Gasteiger partial charge in [0.1, 0.15) is 0 Å². The highest BCUT2D eigenvalue weighted by Crippen LogP contribution is 2.34. The minimum atomic E-state index is -5.08. The zero-order valence-electron chi connectivity index (χ0n) is 23.0. The Bertz CT molecular complexity index is 1270. The van der Waals surface area contributed by atoms with Crippen molar-refractivity contribution in [2.24, 2.45) is 0 Å². The Morgan fingerprint density at radius 3 is 2.20 bits per heavy atom. The van der Waals surface area contributed by atoms with E-state index in [9.17, 15) is 26.4 Å². The predicted octanol–water partition coefficient (Wildman–Crippen LogP) is 4.72. The summed E-state index contributed by atoms with van der Waals surface area (Å²) in [5.41, 5.74) is 2.88. The molecule has 1 amide bonds.